The van der Waals surface area contributed by atoms with Gasteiger partial charge < -0.3 is 14.6 Å². The highest BCUT2D eigenvalue weighted by Crippen LogP contribution is 2.25. The number of carbonyl (C=O) groups is 1. The lowest BCUT2D eigenvalue weighted by molar-refractivity contribution is -0.120. The summed E-state index contributed by atoms with van der Waals surface area (Å²) in [6.07, 6.45) is 2.17. The van der Waals surface area contributed by atoms with E-state index in [1.54, 1.807) is 12.1 Å². The molecule has 1 aliphatic rings. The molecule has 0 spiro atoms. The molecular formula is C17H21FN4O2S. The normalized spacial score (nSPS) is 18.3. The number of hydrogen-bond donors (Lipinski definition) is 1. The van der Waals surface area contributed by atoms with Gasteiger partial charge in [0.15, 0.2) is 11.0 Å². The van der Waals surface area contributed by atoms with Gasteiger partial charge in [-0.2, -0.15) is 0 Å². The second kappa shape index (κ2) is 7.97. The summed E-state index contributed by atoms with van der Waals surface area (Å²) in [6, 6.07) is 6.09. The number of thioether (sulfide) groups is 1. The third-order valence-electron chi connectivity index (χ3n) is 4.12. The number of hydrogen-bond acceptors (Lipinski definition) is 5. The van der Waals surface area contributed by atoms with Gasteiger partial charge in [-0.05, 0) is 44.0 Å². The minimum Gasteiger partial charge on any atom is -0.376 e. The van der Waals surface area contributed by atoms with E-state index in [0.717, 1.165) is 25.0 Å². The van der Waals surface area contributed by atoms with Crippen molar-refractivity contribution in [2.24, 2.45) is 7.05 Å². The lowest BCUT2D eigenvalue weighted by Crippen LogP contribution is -2.36. The van der Waals surface area contributed by atoms with Crippen LogP contribution in [0.4, 0.5) is 4.39 Å². The number of benzene rings is 1. The van der Waals surface area contributed by atoms with E-state index in [1.807, 2.05) is 18.5 Å². The molecule has 8 heteroatoms. The average Bonchev–Trinajstić information content (AvgIpc) is 3.24. The highest BCUT2D eigenvalue weighted by Gasteiger charge is 2.21. The van der Waals surface area contributed by atoms with Crippen molar-refractivity contribution in [2.45, 2.75) is 36.3 Å². The van der Waals surface area contributed by atoms with Gasteiger partial charge in [-0.3, -0.25) is 4.79 Å². The molecule has 0 bridgehead atoms. The number of carbonyl (C=O) groups excluding carboxylic acids is 1. The van der Waals surface area contributed by atoms with E-state index in [4.69, 9.17) is 4.74 Å². The van der Waals surface area contributed by atoms with Crippen molar-refractivity contribution >= 4 is 17.7 Å². The van der Waals surface area contributed by atoms with Gasteiger partial charge in [0.2, 0.25) is 5.91 Å². The summed E-state index contributed by atoms with van der Waals surface area (Å²) >= 11 is 1.34. The Bertz CT molecular complexity index is 729. The van der Waals surface area contributed by atoms with Crippen LogP contribution in [0, 0.1) is 5.82 Å². The highest BCUT2D eigenvalue weighted by molar-refractivity contribution is 8.00. The van der Waals surface area contributed by atoms with Crippen molar-refractivity contribution in [2.75, 3.05) is 13.2 Å². The Morgan fingerprint density at radius 3 is 2.88 bits per heavy atom. The van der Waals surface area contributed by atoms with E-state index in [0.29, 0.717) is 17.5 Å². The van der Waals surface area contributed by atoms with Gasteiger partial charge in [0, 0.05) is 25.8 Å². The van der Waals surface area contributed by atoms with Crippen molar-refractivity contribution < 1.29 is 13.9 Å². The Labute approximate surface area is 150 Å². The Hall–Kier alpha value is -1.93. The van der Waals surface area contributed by atoms with Gasteiger partial charge in [-0.15, -0.1) is 10.2 Å². The van der Waals surface area contributed by atoms with E-state index in [2.05, 4.69) is 15.5 Å². The van der Waals surface area contributed by atoms with Gasteiger partial charge in [-0.25, -0.2) is 4.39 Å². The molecule has 0 aliphatic carbocycles. The molecule has 1 aromatic heterocycles. The summed E-state index contributed by atoms with van der Waals surface area (Å²) in [7, 11) is 1.83. The maximum atomic E-state index is 13.1. The second-order valence-corrected chi connectivity index (χ2v) is 7.32. The molecule has 1 aliphatic heterocycles. The molecule has 2 atom stereocenters. The van der Waals surface area contributed by atoms with E-state index in [-0.39, 0.29) is 23.1 Å². The van der Waals surface area contributed by atoms with Crippen LogP contribution >= 0.6 is 11.8 Å². The van der Waals surface area contributed by atoms with E-state index < -0.39 is 0 Å². The van der Waals surface area contributed by atoms with Gasteiger partial charge in [-0.1, -0.05) is 11.8 Å². The number of rotatable bonds is 6. The van der Waals surface area contributed by atoms with Crippen LogP contribution in [0.2, 0.25) is 0 Å². The number of amides is 1. The van der Waals surface area contributed by atoms with Gasteiger partial charge in [0.05, 0.1) is 11.4 Å². The lowest BCUT2D eigenvalue weighted by atomic mass is 10.2. The Morgan fingerprint density at radius 2 is 2.20 bits per heavy atom. The van der Waals surface area contributed by atoms with E-state index in [9.17, 15) is 9.18 Å². The van der Waals surface area contributed by atoms with Crippen LogP contribution in [0.25, 0.3) is 11.4 Å². The number of aromatic nitrogens is 3. The molecule has 1 N–H and O–H groups in total. The van der Waals surface area contributed by atoms with Crippen molar-refractivity contribution in [1.82, 2.24) is 20.1 Å². The fourth-order valence-corrected chi connectivity index (χ4v) is 3.48. The Morgan fingerprint density at radius 1 is 1.44 bits per heavy atom. The summed E-state index contributed by atoms with van der Waals surface area (Å²) in [5.74, 6) is 0.290. The molecule has 25 heavy (non-hydrogen) atoms. The predicted octanol–water partition coefficient (Wildman–Crippen LogP) is 2.40. The zero-order valence-corrected chi connectivity index (χ0v) is 15.1. The highest BCUT2D eigenvalue weighted by atomic mass is 32.2. The molecule has 1 saturated heterocycles. The standard InChI is InChI=1S/C17H21FN4O2S/c1-11(16(23)19-10-14-4-3-9-24-14)25-17-21-20-15(22(17)2)12-5-7-13(18)8-6-12/h5-8,11,14H,3-4,9-10H2,1-2H3,(H,19,23). The zero-order chi connectivity index (χ0) is 17.8. The quantitative estimate of drug-likeness (QED) is 0.797. The van der Waals surface area contributed by atoms with Gasteiger partial charge in [0.1, 0.15) is 5.82 Å². The summed E-state index contributed by atoms with van der Waals surface area (Å²) in [6.45, 7) is 3.15. The molecular weight excluding hydrogens is 343 g/mol. The number of ether oxygens (including phenoxy) is 1. The zero-order valence-electron chi connectivity index (χ0n) is 14.2. The van der Waals surface area contributed by atoms with Crippen LogP contribution < -0.4 is 5.32 Å². The smallest absolute Gasteiger partial charge is 0.233 e. The fraction of sp³-hybridized carbons (Fsp3) is 0.471. The van der Waals surface area contributed by atoms with Crippen LogP contribution in [-0.4, -0.2) is 45.2 Å². The third-order valence-corrected chi connectivity index (χ3v) is 5.25. The minimum atomic E-state index is -0.301. The summed E-state index contributed by atoms with van der Waals surface area (Å²) in [4.78, 5) is 12.2. The Kier molecular flexibility index (Phi) is 5.70. The second-order valence-electron chi connectivity index (χ2n) is 6.01. The van der Waals surface area contributed by atoms with Crippen molar-refractivity contribution in [1.29, 1.82) is 0 Å². The maximum Gasteiger partial charge on any atom is 0.233 e. The lowest BCUT2D eigenvalue weighted by Gasteiger charge is -2.14. The largest absolute Gasteiger partial charge is 0.376 e. The molecule has 1 fully saturated rings. The maximum absolute atomic E-state index is 13.1. The molecule has 134 valence electrons. The molecule has 6 nitrogen and oxygen atoms in total. The van der Waals surface area contributed by atoms with E-state index in [1.165, 1.54) is 23.9 Å². The van der Waals surface area contributed by atoms with E-state index >= 15 is 0 Å². The predicted molar refractivity (Wildman–Crippen MR) is 93.7 cm³/mol. The fourth-order valence-electron chi connectivity index (χ4n) is 2.64. The monoisotopic (exact) mass is 364 g/mol. The summed E-state index contributed by atoms with van der Waals surface area (Å²) in [5, 5.41) is 11.6. The average molecular weight is 364 g/mol. The van der Waals surface area contributed by atoms with Crippen LogP contribution in [-0.2, 0) is 16.6 Å². The molecule has 2 unspecified atom stereocenters. The first-order valence-electron chi connectivity index (χ1n) is 8.26. The number of nitrogens with one attached hydrogen (secondary N) is 1. The van der Waals surface area contributed by atoms with Crippen molar-refractivity contribution in [3.63, 3.8) is 0 Å². The molecule has 1 amide bonds. The molecule has 3 rings (SSSR count). The SMILES string of the molecule is CC(Sc1nnc(-c2ccc(F)cc2)n1C)C(=O)NCC1CCCO1. The number of nitrogens with zero attached hydrogens (tertiary/aromatic N) is 3. The van der Waals surface area contributed by atoms with Gasteiger partial charge >= 0.3 is 0 Å². The first kappa shape index (κ1) is 17.9. The number of halogens is 1. The van der Waals surface area contributed by atoms with Gasteiger partial charge in [0.25, 0.3) is 0 Å². The molecule has 2 aromatic rings. The van der Waals surface area contributed by atoms with Crippen LogP contribution in [0.5, 0.6) is 0 Å². The summed E-state index contributed by atoms with van der Waals surface area (Å²) in [5.41, 5.74) is 0.777. The minimum absolute atomic E-state index is 0.0492. The van der Waals surface area contributed by atoms with Crippen LogP contribution in [0.15, 0.2) is 29.4 Å². The first-order valence-corrected chi connectivity index (χ1v) is 9.14. The molecule has 1 aromatic carbocycles. The van der Waals surface area contributed by atoms with Crippen LogP contribution in [0.1, 0.15) is 19.8 Å². The van der Waals surface area contributed by atoms with Crippen molar-refractivity contribution in [3.05, 3.63) is 30.1 Å². The van der Waals surface area contributed by atoms with Crippen LogP contribution in [0.3, 0.4) is 0 Å². The topological polar surface area (TPSA) is 69.0 Å². The third kappa shape index (κ3) is 4.38. The Balaban J connectivity index is 1.60. The molecule has 0 saturated carbocycles. The molecule has 0 radical (unpaired) electrons. The summed E-state index contributed by atoms with van der Waals surface area (Å²) < 4.78 is 20.4. The van der Waals surface area contributed by atoms with Crippen molar-refractivity contribution in [3.8, 4) is 11.4 Å². The first-order chi connectivity index (χ1) is 12.0. The molecule has 2 heterocycles.